The molecule has 0 spiro atoms. The van der Waals surface area contributed by atoms with Crippen LogP contribution in [0.4, 0.5) is 0 Å². The van der Waals surface area contributed by atoms with Crippen LogP contribution in [0.2, 0.25) is 0 Å². The van der Waals surface area contributed by atoms with Crippen molar-refractivity contribution < 1.29 is 0 Å². The van der Waals surface area contributed by atoms with Crippen LogP contribution < -0.4 is 0 Å². The number of hydrogen-bond donors (Lipinski definition) is 0. The predicted molar refractivity (Wildman–Crippen MR) is 126 cm³/mol. The summed E-state index contributed by atoms with van der Waals surface area (Å²) in [5.41, 5.74) is 0. The van der Waals surface area contributed by atoms with Crippen molar-refractivity contribution in [1.29, 1.82) is 0 Å². The maximum Gasteiger partial charge on any atom is 0.101 e. The first kappa shape index (κ1) is 25.4. The Hall–Kier alpha value is -0.660. The molecule has 1 heterocycles. The minimum Gasteiger partial charge on any atom is -0.356 e. The molecule has 0 fully saturated rings. The van der Waals surface area contributed by atoms with Gasteiger partial charge >= 0.3 is 0 Å². The smallest absolute Gasteiger partial charge is 0.101 e. The standard InChI is InChI=1S/C26H52N2/c1-5-7-9-11-13-14-15-16-18-20-22-27-23-24-28(25(3)4)26(27)21-19-17-12-10-8-6-2/h23-26H,5-22H2,1-4H3. The number of hydrogen-bond acceptors (Lipinski definition) is 2. The molecule has 1 rings (SSSR count). The molecule has 2 nitrogen and oxygen atoms in total. The molecule has 1 aliphatic rings. The van der Waals surface area contributed by atoms with E-state index in [2.05, 4.69) is 49.9 Å². The highest BCUT2D eigenvalue weighted by molar-refractivity contribution is 4.98. The minimum atomic E-state index is 0.610. The van der Waals surface area contributed by atoms with Crippen LogP contribution in [0.1, 0.15) is 137 Å². The summed E-state index contributed by atoms with van der Waals surface area (Å²) in [6, 6.07) is 0.610. The summed E-state index contributed by atoms with van der Waals surface area (Å²) in [6.07, 6.45) is 29.3. The van der Waals surface area contributed by atoms with Gasteiger partial charge in [0, 0.05) is 25.0 Å². The zero-order valence-corrected chi connectivity index (χ0v) is 19.9. The van der Waals surface area contributed by atoms with Gasteiger partial charge in [0.05, 0.1) is 0 Å². The molecule has 0 amide bonds. The van der Waals surface area contributed by atoms with Crippen LogP contribution in [0.25, 0.3) is 0 Å². The fourth-order valence-electron chi connectivity index (χ4n) is 4.48. The molecular formula is C26H52N2. The van der Waals surface area contributed by atoms with Gasteiger partial charge in [-0.05, 0) is 33.1 Å². The van der Waals surface area contributed by atoms with E-state index in [4.69, 9.17) is 0 Å². The molecule has 0 aromatic carbocycles. The van der Waals surface area contributed by atoms with Crippen LogP contribution in [0.15, 0.2) is 12.4 Å². The zero-order valence-electron chi connectivity index (χ0n) is 19.9. The lowest BCUT2D eigenvalue weighted by atomic mass is 10.1. The van der Waals surface area contributed by atoms with Crippen molar-refractivity contribution >= 4 is 0 Å². The van der Waals surface area contributed by atoms with E-state index < -0.39 is 0 Å². The molecule has 0 aliphatic carbocycles. The lowest BCUT2D eigenvalue weighted by molar-refractivity contribution is 0.114. The van der Waals surface area contributed by atoms with Gasteiger partial charge in [0.25, 0.3) is 0 Å². The third-order valence-corrected chi connectivity index (χ3v) is 6.34. The van der Waals surface area contributed by atoms with Crippen LogP contribution in [-0.4, -0.2) is 28.6 Å². The van der Waals surface area contributed by atoms with Crippen LogP contribution in [-0.2, 0) is 0 Å². The van der Waals surface area contributed by atoms with Crippen molar-refractivity contribution in [2.75, 3.05) is 6.54 Å². The lowest BCUT2D eigenvalue weighted by Gasteiger charge is -2.35. The Kier molecular flexibility index (Phi) is 15.6. The van der Waals surface area contributed by atoms with E-state index in [1.807, 2.05) is 0 Å². The Morgan fingerprint density at radius 1 is 0.607 bits per heavy atom. The van der Waals surface area contributed by atoms with Gasteiger partial charge in [0.2, 0.25) is 0 Å². The Bertz CT molecular complexity index is 363. The normalized spacial score (nSPS) is 16.7. The number of rotatable bonds is 19. The summed E-state index contributed by atoms with van der Waals surface area (Å²) in [6.45, 7) is 10.5. The Labute approximate surface area is 178 Å². The molecule has 1 aliphatic heterocycles. The van der Waals surface area contributed by atoms with Gasteiger partial charge in [-0.15, -0.1) is 0 Å². The van der Waals surface area contributed by atoms with E-state index in [0.717, 1.165) is 0 Å². The predicted octanol–water partition coefficient (Wildman–Crippen LogP) is 8.48. The maximum absolute atomic E-state index is 2.64. The van der Waals surface area contributed by atoms with Gasteiger partial charge in [-0.1, -0.05) is 104 Å². The van der Waals surface area contributed by atoms with Gasteiger partial charge in [0.15, 0.2) is 0 Å². The third kappa shape index (κ3) is 11.4. The monoisotopic (exact) mass is 392 g/mol. The van der Waals surface area contributed by atoms with Gasteiger partial charge in [-0.3, -0.25) is 0 Å². The van der Waals surface area contributed by atoms with E-state index >= 15 is 0 Å². The highest BCUT2D eigenvalue weighted by Gasteiger charge is 2.26. The highest BCUT2D eigenvalue weighted by Crippen LogP contribution is 2.24. The van der Waals surface area contributed by atoms with Crippen molar-refractivity contribution in [3.05, 3.63) is 12.4 Å². The van der Waals surface area contributed by atoms with Crippen molar-refractivity contribution in [2.24, 2.45) is 0 Å². The first-order valence-electron chi connectivity index (χ1n) is 12.9. The van der Waals surface area contributed by atoms with E-state index in [9.17, 15) is 0 Å². The Morgan fingerprint density at radius 3 is 1.57 bits per heavy atom. The summed E-state index contributed by atoms with van der Waals surface area (Å²) < 4.78 is 0. The van der Waals surface area contributed by atoms with Crippen LogP contribution in [0.5, 0.6) is 0 Å². The molecule has 0 aromatic heterocycles. The second-order valence-electron chi connectivity index (χ2n) is 9.30. The van der Waals surface area contributed by atoms with Gasteiger partial charge in [-0.2, -0.15) is 0 Å². The Morgan fingerprint density at radius 2 is 1.07 bits per heavy atom. The van der Waals surface area contributed by atoms with E-state index in [0.29, 0.717) is 12.2 Å². The van der Waals surface area contributed by atoms with Crippen LogP contribution in [0, 0.1) is 0 Å². The topological polar surface area (TPSA) is 6.48 Å². The first-order valence-corrected chi connectivity index (χ1v) is 12.9. The lowest BCUT2D eigenvalue weighted by Crippen LogP contribution is -2.42. The second-order valence-corrected chi connectivity index (χ2v) is 9.30. The molecule has 1 unspecified atom stereocenters. The van der Waals surface area contributed by atoms with Gasteiger partial charge in [0.1, 0.15) is 6.17 Å². The highest BCUT2D eigenvalue weighted by atomic mass is 15.4. The van der Waals surface area contributed by atoms with E-state index in [1.165, 1.54) is 116 Å². The number of unbranched alkanes of at least 4 members (excludes halogenated alkanes) is 14. The van der Waals surface area contributed by atoms with Gasteiger partial charge < -0.3 is 9.80 Å². The van der Waals surface area contributed by atoms with Crippen LogP contribution in [0.3, 0.4) is 0 Å². The minimum absolute atomic E-state index is 0.610. The first-order chi connectivity index (χ1) is 13.7. The number of nitrogens with zero attached hydrogens (tertiary/aromatic N) is 2. The SMILES string of the molecule is CCCCCCCCCCCCN1C=CN(C(C)C)C1CCCCCCCC. The molecule has 0 saturated carbocycles. The fraction of sp³-hybridized carbons (Fsp3) is 0.923. The summed E-state index contributed by atoms with van der Waals surface area (Å²) in [7, 11) is 0. The molecule has 166 valence electrons. The molecule has 28 heavy (non-hydrogen) atoms. The molecule has 1 atom stereocenters. The zero-order chi connectivity index (χ0) is 20.5. The second kappa shape index (κ2) is 17.2. The van der Waals surface area contributed by atoms with Crippen molar-refractivity contribution in [2.45, 2.75) is 149 Å². The molecule has 0 aromatic rings. The molecular weight excluding hydrogens is 340 g/mol. The summed E-state index contributed by atoms with van der Waals surface area (Å²) >= 11 is 0. The molecule has 0 bridgehead atoms. The van der Waals surface area contributed by atoms with Crippen molar-refractivity contribution in [3.8, 4) is 0 Å². The van der Waals surface area contributed by atoms with Crippen LogP contribution >= 0.6 is 0 Å². The van der Waals surface area contributed by atoms with Gasteiger partial charge in [-0.25, -0.2) is 0 Å². The molecule has 0 saturated heterocycles. The van der Waals surface area contributed by atoms with Crippen molar-refractivity contribution in [1.82, 2.24) is 9.80 Å². The summed E-state index contributed by atoms with van der Waals surface area (Å²) in [4.78, 5) is 5.22. The molecule has 0 N–H and O–H groups in total. The average Bonchev–Trinajstić information content (AvgIpc) is 3.09. The van der Waals surface area contributed by atoms with E-state index in [1.54, 1.807) is 0 Å². The van der Waals surface area contributed by atoms with Crippen molar-refractivity contribution in [3.63, 3.8) is 0 Å². The fourth-order valence-corrected chi connectivity index (χ4v) is 4.48. The molecule has 2 heteroatoms. The summed E-state index contributed by atoms with van der Waals surface area (Å²) in [5.74, 6) is 0. The Balaban J connectivity index is 2.14. The quantitative estimate of drug-likeness (QED) is 0.203. The van der Waals surface area contributed by atoms with E-state index in [-0.39, 0.29) is 0 Å². The third-order valence-electron chi connectivity index (χ3n) is 6.34. The maximum atomic E-state index is 2.64. The average molecular weight is 393 g/mol. The largest absolute Gasteiger partial charge is 0.356 e. The summed E-state index contributed by atoms with van der Waals surface area (Å²) in [5, 5.41) is 0. The molecule has 0 radical (unpaired) electrons.